The highest BCUT2D eigenvalue weighted by atomic mass is 32.2. The Morgan fingerprint density at radius 3 is 2.72 bits per heavy atom. The van der Waals surface area contributed by atoms with Crippen LogP contribution in [0.1, 0.15) is 19.3 Å². The molecule has 0 bridgehead atoms. The maximum Gasteiger partial charge on any atom is 0.304 e. The van der Waals surface area contributed by atoms with E-state index in [1.807, 2.05) is 0 Å². The summed E-state index contributed by atoms with van der Waals surface area (Å²) in [5.41, 5.74) is 0.479. The lowest BCUT2D eigenvalue weighted by Gasteiger charge is -2.12. The molecule has 1 amide bonds. The molecular weight excluding hydrogens is 254 g/mol. The number of fused-ring (bicyclic) bond motifs is 1. The monoisotopic (exact) mass is 267 g/mol. The number of carbonyl (C=O) groups is 3. The predicted molar refractivity (Wildman–Crippen MR) is 64.7 cm³/mol. The van der Waals surface area contributed by atoms with Crippen LogP contribution in [0.15, 0.2) is 10.6 Å². The largest absolute Gasteiger partial charge is 0.481 e. The molecule has 2 fully saturated rings. The van der Waals surface area contributed by atoms with E-state index in [1.54, 1.807) is 4.90 Å². The van der Waals surface area contributed by atoms with Crippen LogP contribution in [0.3, 0.4) is 0 Å². The lowest BCUT2D eigenvalue weighted by Crippen LogP contribution is -2.29. The minimum atomic E-state index is -1.03. The Balaban J connectivity index is 1.96. The molecule has 0 spiro atoms. The molecule has 6 heteroatoms. The Hall–Kier alpha value is -1.30. The minimum absolute atomic E-state index is 0.00139. The Morgan fingerprint density at radius 2 is 2.11 bits per heavy atom. The maximum atomic E-state index is 12.2. The second kappa shape index (κ2) is 4.12. The van der Waals surface area contributed by atoms with Crippen LogP contribution in [0.5, 0.6) is 0 Å². The number of amides is 1. The molecule has 1 N–H and O–H groups in total. The van der Waals surface area contributed by atoms with Crippen LogP contribution in [0.2, 0.25) is 0 Å². The second-order valence-electron chi connectivity index (χ2n) is 4.85. The van der Waals surface area contributed by atoms with Crippen molar-refractivity contribution >= 4 is 29.4 Å². The van der Waals surface area contributed by atoms with Crippen LogP contribution in [0.4, 0.5) is 0 Å². The third-order valence-electron chi connectivity index (χ3n) is 3.53. The smallest absolute Gasteiger partial charge is 0.304 e. The van der Waals surface area contributed by atoms with Crippen molar-refractivity contribution < 1.29 is 19.5 Å². The number of nitrogens with zero attached hydrogens (tertiary/aromatic N) is 1. The van der Waals surface area contributed by atoms with Crippen molar-refractivity contribution in [3.63, 3.8) is 0 Å². The van der Waals surface area contributed by atoms with Crippen molar-refractivity contribution in [2.24, 2.45) is 11.8 Å². The average Bonchev–Trinajstić information content (AvgIpc) is 3.00. The number of aliphatic carboxylic acids is 1. The molecule has 1 saturated heterocycles. The van der Waals surface area contributed by atoms with Crippen LogP contribution in [0, 0.1) is 11.8 Å². The summed E-state index contributed by atoms with van der Waals surface area (Å²) in [6.45, 7) is 0.594. The molecule has 2 heterocycles. The molecule has 96 valence electrons. The van der Waals surface area contributed by atoms with Gasteiger partial charge in [-0.3, -0.25) is 14.4 Å². The minimum Gasteiger partial charge on any atom is -0.481 e. The Kier molecular flexibility index (Phi) is 2.69. The van der Waals surface area contributed by atoms with Gasteiger partial charge in [-0.2, -0.15) is 0 Å². The van der Waals surface area contributed by atoms with Crippen molar-refractivity contribution in [2.75, 3.05) is 12.3 Å². The topological polar surface area (TPSA) is 74.7 Å². The van der Waals surface area contributed by atoms with E-state index >= 15 is 0 Å². The molecule has 2 aliphatic heterocycles. The molecule has 3 rings (SSSR count). The number of Topliss-reactive ketones (excluding diaryl/α,β-unsaturated/α-hetero) is 1. The van der Waals surface area contributed by atoms with Gasteiger partial charge in [0.25, 0.3) is 0 Å². The molecule has 0 aromatic heterocycles. The maximum absolute atomic E-state index is 12.2. The first-order chi connectivity index (χ1) is 8.59. The first-order valence-electron chi connectivity index (χ1n) is 6.04. The number of rotatable bonds is 4. The standard InChI is InChI=1S/C12H13NO4S/c14-8(15)5-7-9(10(16)6-1-2-6)12-13(11(7)17)3-4-18-12/h6-7H,1-5H2,(H,14,15)/t7-/m1/s1. The highest BCUT2D eigenvalue weighted by Gasteiger charge is 2.48. The van der Waals surface area contributed by atoms with Gasteiger partial charge in [0.05, 0.1) is 17.4 Å². The molecule has 3 aliphatic rings. The summed E-state index contributed by atoms with van der Waals surface area (Å²) in [5.74, 6) is -1.16. The summed E-state index contributed by atoms with van der Waals surface area (Å²) in [5, 5.41) is 9.62. The summed E-state index contributed by atoms with van der Waals surface area (Å²) < 4.78 is 0. The fraction of sp³-hybridized carbons (Fsp3) is 0.583. The predicted octanol–water partition coefficient (Wildman–Crippen LogP) is 0.857. The van der Waals surface area contributed by atoms with E-state index < -0.39 is 11.9 Å². The second-order valence-corrected chi connectivity index (χ2v) is 5.93. The molecule has 5 nitrogen and oxygen atoms in total. The van der Waals surface area contributed by atoms with Crippen LogP contribution < -0.4 is 0 Å². The van der Waals surface area contributed by atoms with Gasteiger partial charge in [-0.25, -0.2) is 0 Å². The number of thioether (sulfide) groups is 1. The number of carboxylic acids is 1. The first-order valence-corrected chi connectivity index (χ1v) is 7.02. The van der Waals surface area contributed by atoms with Crippen molar-refractivity contribution in [1.29, 1.82) is 0 Å². The van der Waals surface area contributed by atoms with Gasteiger partial charge < -0.3 is 10.0 Å². The lowest BCUT2D eigenvalue weighted by atomic mass is 9.92. The fourth-order valence-corrected chi connectivity index (χ4v) is 3.72. The molecule has 0 aromatic rings. The van der Waals surface area contributed by atoms with Gasteiger partial charge in [-0.1, -0.05) is 0 Å². The van der Waals surface area contributed by atoms with Gasteiger partial charge in [-0.05, 0) is 12.8 Å². The van der Waals surface area contributed by atoms with Crippen LogP contribution in [0.25, 0.3) is 0 Å². The molecule has 1 saturated carbocycles. The van der Waals surface area contributed by atoms with Crippen LogP contribution in [-0.4, -0.2) is 40.0 Å². The van der Waals surface area contributed by atoms with Crippen LogP contribution in [-0.2, 0) is 14.4 Å². The Morgan fingerprint density at radius 1 is 1.39 bits per heavy atom. The summed E-state index contributed by atoms with van der Waals surface area (Å²) in [4.78, 5) is 36.8. The average molecular weight is 267 g/mol. The molecule has 1 atom stereocenters. The first kappa shape index (κ1) is 11.8. The normalized spacial score (nSPS) is 26.8. The fourth-order valence-electron chi connectivity index (χ4n) is 2.51. The molecular formula is C12H13NO4S. The molecule has 1 aliphatic carbocycles. The number of carbonyl (C=O) groups excluding carboxylic acids is 2. The summed E-state index contributed by atoms with van der Waals surface area (Å²) in [6, 6.07) is 0. The van der Waals surface area contributed by atoms with E-state index in [0.717, 1.165) is 23.6 Å². The quantitative estimate of drug-likeness (QED) is 0.817. The van der Waals surface area contributed by atoms with Crippen molar-refractivity contribution in [3.8, 4) is 0 Å². The highest BCUT2D eigenvalue weighted by Crippen LogP contribution is 2.46. The number of carboxylic acid groups (broad SMARTS) is 1. The summed E-state index contributed by atoms with van der Waals surface area (Å²) in [6.07, 6.45) is 1.47. The van der Waals surface area contributed by atoms with E-state index in [-0.39, 0.29) is 24.0 Å². The van der Waals surface area contributed by atoms with E-state index in [4.69, 9.17) is 5.11 Å². The van der Waals surface area contributed by atoms with Gasteiger partial charge in [0.15, 0.2) is 5.78 Å². The van der Waals surface area contributed by atoms with Gasteiger partial charge >= 0.3 is 5.97 Å². The van der Waals surface area contributed by atoms with Gasteiger partial charge in [0.1, 0.15) is 0 Å². The zero-order valence-electron chi connectivity index (χ0n) is 9.72. The van der Waals surface area contributed by atoms with Gasteiger partial charge in [-0.15, -0.1) is 11.8 Å². The van der Waals surface area contributed by atoms with Crippen LogP contribution >= 0.6 is 11.8 Å². The molecule has 0 unspecified atom stereocenters. The Labute approximate surface area is 108 Å². The zero-order chi connectivity index (χ0) is 12.9. The number of hydrogen-bond donors (Lipinski definition) is 1. The highest BCUT2D eigenvalue weighted by molar-refractivity contribution is 8.03. The van der Waals surface area contributed by atoms with Gasteiger partial charge in [0.2, 0.25) is 5.91 Å². The van der Waals surface area contributed by atoms with E-state index in [9.17, 15) is 14.4 Å². The van der Waals surface area contributed by atoms with Crippen molar-refractivity contribution in [3.05, 3.63) is 10.6 Å². The van der Waals surface area contributed by atoms with Gasteiger partial charge in [0, 0.05) is 23.8 Å². The SMILES string of the molecule is O=C(O)C[C@H]1C(=O)N2CCSC2=C1C(=O)C1CC1. The summed E-state index contributed by atoms with van der Waals surface area (Å²) in [7, 11) is 0. The molecule has 0 aromatic carbocycles. The van der Waals surface area contributed by atoms with E-state index in [2.05, 4.69) is 0 Å². The lowest BCUT2D eigenvalue weighted by molar-refractivity contribution is -0.141. The molecule has 0 radical (unpaired) electrons. The zero-order valence-corrected chi connectivity index (χ0v) is 10.5. The number of ketones is 1. The summed E-state index contributed by atoms with van der Waals surface area (Å²) >= 11 is 1.50. The Bertz CT molecular complexity index is 480. The third kappa shape index (κ3) is 1.75. The van der Waals surface area contributed by atoms with Crippen molar-refractivity contribution in [1.82, 2.24) is 4.90 Å². The van der Waals surface area contributed by atoms with Crippen molar-refractivity contribution in [2.45, 2.75) is 19.3 Å². The third-order valence-corrected chi connectivity index (χ3v) is 4.63. The number of hydrogen-bond acceptors (Lipinski definition) is 4. The van der Waals surface area contributed by atoms with E-state index in [0.29, 0.717) is 12.1 Å². The molecule has 18 heavy (non-hydrogen) atoms. The van der Waals surface area contributed by atoms with E-state index in [1.165, 1.54) is 11.8 Å².